The van der Waals surface area contributed by atoms with Crippen LogP contribution in [0.25, 0.3) is 0 Å². The number of amides is 2. The van der Waals surface area contributed by atoms with Crippen molar-refractivity contribution in [1.29, 1.82) is 0 Å². The van der Waals surface area contributed by atoms with Crippen molar-refractivity contribution >= 4 is 11.8 Å². The summed E-state index contributed by atoms with van der Waals surface area (Å²) in [7, 11) is 0. The zero-order chi connectivity index (χ0) is 21.8. The van der Waals surface area contributed by atoms with E-state index in [9.17, 15) is 9.59 Å². The molecule has 3 aliphatic carbocycles. The number of aryl methyl sites for hydroxylation is 1. The second-order valence-corrected chi connectivity index (χ2v) is 11.2. The Morgan fingerprint density at radius 3 is 2.39 bits per heavy atom. The molecule has 4 nitrogen and oxygen atoms in total. The smallest absolute Gasteiger partial charge is 0.254 e. The Kier molecular flexibility index (Phi) is 5.38. The van der Waals surface area contributed by atoms with Gasteiger partial charge in [-0.15, -0.1) is 0 Å². The maximum absolute atomic E-state index is 13.2. The Morgan fingerprint density at radius 2 is 1.71 bits per heavy atom. The quantitative estimate of drug-likeness (QED) is 0.687. The van der Waals surface area contributed by atoms with E-state index in [0.29, 0.717) is 32.1 Å². The van der Waals surface area contributed by atoms with E-state index in [4.69, 9.17) is 0 Å². The fourth-order valence-electron chi connectivity index (χ4n) is 6.71. The number of benzene rings is 1. The molecule has 1 saturated heterocycles. The van der Waals surface area contributed by atoms with Gasteiger partial charge >= 0.3 is 0 Å². The summed E-state index contributed by atoms with van der Waals surface area (Å²) in [5.74, 6) is 3.74. The van der Waals surface area contributed by atoms with E-state index < -0.39 is 0 Å². The zero-order valence-corrected chi connectivity index (χ0v) is 19.5. The molecule has 1 aliphatic heterocycles. The molecule has 4 fully saturated rings. The molecule has 2 amide bonds. The van der Waals surface area contributed by atoms with Crippen molar-refractivity contribution in [1.82, 2.24) is 9.80 Å². The van der Waals surface area contributed by atoms with E-state index >= 15 is 0 Å². The van der Waals surface area contributed by atoms with Crippen molar-refractivity contribution in [2.24, 2.45) is 23.2 Å². The van der Waals surface area contributed by atoms with Crippen LogP contribution in [0.1, 0.15) is 86.2 Å². The number of fused-ring (bicyclic) bond motifs is 1. The van der Waals surface area contributed by atoms with Gasteiger partial charge in [0.2, 0.25) is 5.91 Å². The van der Waals surface area contributed by atoms with Crippen LogP contribution in [0.15, 0.2) is 18.2 Å². The first-order valence-corrected chi connectivity index (χ1v) is 12.5. The summed E-state index contributed by atoms with van der Waals surface area (Å²) in [5, 5.41) is 0. The summed E-state index contributed by atoms with van der Waals surface area (Å²) in [6.45, 7) is 9.23. The SMILES string of the molecule is Cc1cc(C2CC(C)C3CCCC3C2)ccc1C(=O)N1CCN(C(=O)C2(C)CC2)CC1. The fourth-order valence-corrected chi connectivity index (χ4v) is 6.71. The zero-order valence-electron chi connectivity index (χ0n) is 19.5. The molecule has 4 unspecified atom stereocenters. The second-order valence-electron chi connectivity index (χ2n) is 11.2. The second kappa shape index (κ2) is 7.94. The van der Waals surface area contributed by atoms with Gasteiger partial charge in [0, 0.05) is 37.2 Å². The van der Waals surface area contributed by atoms with Gasteiger partial charge in [-0.3, -0.25) is 9.59 Å². The lowest BCUT2D eigenvalue weighted by molar-refractivity contribution is -0.137. The highest BCUT2D eigenvalue weighted by Crippen LogP contribution is 2.50. The summed E-state index contributed by atoms with van der Waals surface area (Å²) >= 11 is 0. The molecule has 168 valence electrons. The van der Waals surface area contributed by atoms with E-state index in [-0.39, 0.29) is 17.2 Å². The minimum absolute atomic E-state index is 0.117. The standard InChI is InChI=1S/C27H38N2O2/c1-18-16-22(17-21-5-4-6-23(18)21)20-7-8-24(19(2)15-20)25(30)28-11-13-29(14-12-28)26(31)27(3)9-10-27/h7-8,15,18,21-23H,4-6,9-14,16-17H2,1-3H3. The molecule has 0 aromatic heterocycles. The molecule has 31 heavy (non-hydrogen) atoms. The minimum atomic E-state index is -0.117. The Labute approximate surface area is 187 Å². The summed E-state index contributed by atoms with van der Waals surface area (Å²) in [6.07, 6.45) is 8.91. The topological polar surface area (TPSA) is 40.6 Å². The highest BCUT2D eigenvalue weighted by Gasteiger charge is 2.47. The van der Waals surface area contributed by atoms with Crippen molar-refractivity contribution in [2.45, 2.75) is 71.6 Å². The molecule has 0 radical (unpaired) electrons. The number of piperazine rings is 1. The summed E-state index contributed by atoms with van der Waals surface area (Å²) < 4.78 is 0. The first-order valence-electron chi connectivity index (χ1n) is 12.5. The molecular formula is C27H38N2O2. The Balaban J connectivity index is 1.23. The molecular weight excluding hydrogens is 384 g/mol. The van der Waals surface area contributed by atoms with Gasteiger partial charge in [-0.2, -0.15) is 0 Å². The van der Waals surface area contributed by atoms with E-state index in [1.807, 2.05) is 9.80 Å². The van der Waals surface area contributed by atoms with Crippen LogP contribution >= 0.6 is 0 Å². The Hall–Kier alpha value is -1.84. The van der Waals surface area contributed by atoms with Gasteiger partial charge in [0.15, 0.2) is 0 Å². The van der Waals surface area contributed by atoms with Gasteiger partial charge in [-0.1, -0.05) is 38.8 Å². The maximum Gasteiger partial charge on any atom is 0.254 e. The van der Waals surface area contributed by atoms with Crippen LogP contribution in [0.3, 0.4) is 0 Å². The summed E-state index contributed by atoms with van der Waals surface area (Å²) in [5.41, 5.74) is 3.25. The molecule has 1 aromatic rings. The molecule has 4 heteroatoms. The van der Waals surface area contributed by atoms with E-state index in [1.165, 1.54) is 37.7 Å². The van der Waals surface area contributed by atoms with Crippen LogP contribution in [0.4, 0.5) is 0 Å². The third kappa shape index (κ3) is 3.91. The predicted molar refractivity (Wildman–Crippen MR) is 123 cm³/mol. The third-order valence-corrected chi connectivity index (χ3v) is 9.02. The molecule has 0 N–H and O–H groups in total. The van der Waals surface area contributed by atoms with Gasteiger partial charge in [-0.25, -0.2) is 0 Å². The molecule has 1 heterocycles. The van der Waals surface area contributed by atoms with E-state index in [2.05, 4.69) is 39.0 Å². The maximum atomic E-state index is 13.2. The highest BCUT2D eigenvalue weighted by molar-refractivity contribution is 5.96. The average Bonchev–Trinajstić information content (AvgIpc) is 3.33. The average molecular weight is 423 g/mol. The van der Waals surface area contributed by atoms with Gasteiger partial charge in [0.25, 0.3) is 5.91 Å². The van der Waals surface area contributed by atoms with Gasteiger partial charge in [-0.05, 0) is 79.9 Å². The van der Waals surface area contributed by atoms with Crippen molar-refractivity contribution in [3.63, 3.8) is 0 Å². The van der Waals surface area contributed by atoms with E-state index in [1.54, 1.807) is 0 Å². The molecule has 3 saturated carbocycles. The van der Waals surface area contributed by atoms with Gasteiger partial charge in [0.1, 0.15) is 0 Å². The molecule has 0 spiro atoms. The highest BCUT2D eigenvalue weighted by atomic mass is 16.2. The lowest BCUT2D eigenvalue weighted by Gasteiger charge is -2.38. The first-order chi connectivity index (χ1) is 14.9. The number of nitrogens with zero attached hydrogens (tertiary/aromatic N) is 2. The van der Waals surface area contributed by atoms with E-state index in [0.717, 1.165) is 41.7 Å². The molecule has 4 aliphatic rings. The molecule has 0 bridgehead atoms. The number of rotatable bonds is 3. The summed E-state index contributed by atoms with van der Waals surface area (Å²) in [6, 6.07) is 6.58. The molecule has 4 atom stereocenters. The van der Waals surface area contributed by atoms with Crippen molar-refractivity contribution in [3.05, 3.63) is 34.9 Å². The van der Waals surface area contributed by atoms with Gasteiger partial charge in [0.05, 0.1) is 0 Å². The lowest BCUT2D eigenvalue weighted by Crippen LogP contribution is -2.52. The van der Waals surface area contributed by atoms with Crippen LogP contribution < -0.4 is 0 Å². The van der Waals surface area contributed by atoms with Crippen molar-refractivity contribution in [2.75, 3.05) is 26.2 Å². The largest absolute Gasteiger partial charge is 0.339 e. The fraction of sp³-hybridized carbons (Fsp3) is 0.704. The first kappa shape index (κ1) is 21.0. The lowest BCUT2D eigenvalue weighted by atomic mass is 9.68. The van der Waals surface area contributed by atoms with Crippen LogP contribution in [0.5, 0.6) is 0 Å². The third-order valence-electron chi connectivity index (χ3n) is 9.02. The van der Waals surface area contributed by atoms with Crippen molar-refractivity contribution in [3.8, 4) is 0 Å². The Morgan fingerprint density at radius 1 is 1.00 bits per heavy atom. The van der Waals surface area contributed by atoms with Gasteiger partial charge < -0.3 is 9.80 Å². The minimum Gasteiger partial charge on any atom is -0.339 e. The normalized spacial score (nSPS) is 32.0. The van der Waals surface area contributed by atoms with Crippen molar-refractivity contribution < 1.29 is 9.59 Å². The Bertz CT molecular complexity index is 866. The van der Waals surface area contributed by atoms with Crippen LogP contribution in [0, 0.1) is 30.1 Å². The number of hydrogen-bond acceptors (Lipinski definition) is 2. The number of carbonyl (C=O) groups is 2. The van der Waals surface area contributed by atoms with Crippen LogP contribution in [0.2, 0.25) is 0 Å². The molecule has 1 aromatic carbocycles. The monoisotopic (exact) mass is 422 g/mol. The number of hydrogen-bond donors (Lipinski definition) is 0. The van der Waals surface area contributed by atoms with Crippen LogP contribution in [-0.4, -0.2) is 47.8 Å². The summed E-state index contributed by atoms with van der Waals surface area (Å²) in [4.78, 5) is 29.7. The molecule has 5 rings (SSSR count). The van der Waals surface area contributed by atoms with Crippen LogP contribution in [-0.2, 0) is 4.79 Å². The predicted octanol–water partition coefficient (Wildman–Crippen LogP) is 5.01. The number of carbonyl (C=O) groups excluding carboxylic acids is 2.